The molecule has 2 nitrogen and oxygen atoms in total. The molecule has 2 unspecified atom stereocenters. The third kappa shape index (κ3) is 2.38. The quantitative estimate of drug-likeness (QED) is 0.700. The summed E-state index contributed by atoms with van der Waals surface area (Å²) in [7, 11) is 1.97. The summed E-state index contributed by atoms with van der Waals surface area (Å²) in [5, 5.41) is 0. The monoisotopic (exact) mass is 178 g/mol. The van der Waals surface area contributed by atoms with Gasteiger partial charge in [-0.15, -0.1) is 0 Å². The van der Waals surface area contributed by atoms with E-state index in [2.05, 4.69) is 4.90 Å². The topological polar surface area (TPSA) is 29.3 Å². The fraction of sp³-hybridized carbons (Fsp3) is 1.00. The second kappa shape index (κ2) is 4.14. The van der Waals surface area contributed by atoms with Crippen LogP contribution in [0.5, 0.6) is 0 Å². The highest BCUT2D eigenvalue weighted by Crippen LogP contribution is 2.20. The number of alkyl halides is 2. The van der Waals surface area contributed by atoms with Crippen molar-refractivity contribution in [2.75, 3.05) is 13.6 Å². The summed E-state index contributed by atoms with van der Waals surface area (Å²) in [6.07, 6.45) is 0.168. The Kier molecular flexibility index (Phi) is 3.40. The fourth-order valence-corrected chi connectivity index (χ4v) is 1.69. The Hall–Kier alpha value is -0.220. The van der Waals surface area contributed by atoms with Crippen LogP contribution in [0.1, 0.15) is 19.3 Å². The van der Waals surface area contributed by atoms with Crippen LogP contribution in [0.25, 0.3) is 0 Å². The van der Waals surface area contributed by atoms with Gasteiger partial charge in [0.25, 0.3) is 6.43 Å². The average Bonchev–Trinajstić information content (AvgIpc) is 2.36. The predicted molar refractivity (Wildman–Crippen MR) is 44.2 cm³/mol. The zero-order valence-electron chi connectivity index (χ0n) is 7.34. The van der Waals surface area contributed by atoms with Crippen molar-refractivity contribution in [2.45, 2.75) is 37.8 Å². The molecule has 0 aromatic carbocycles. The van der Waals surface area contributed by atoms with Crippen molar-refractivity contribution in [3.63, 3.8) is 0 Å². The standard InChI is InChI=1S/C8H16F2N2/c1-12-4-2-3-6(12)5-7(11)8(9)10/h6-8H,2-5,11H2,1H3. The van der Waals surface area contributed by atoms with Crippen molar-refractivity contribution < 1.29 is 8.78 Å². The summed E-state index contributed by atoms with van der Waals surface area (Å²) >= 11 is 0. The van der Waals surface area contributed by atoms with Gasteiger partial charge in [0.2, 0.25) is 0 Å². The molecule has 0 aromatic heterocycles. The van der Waals surface area contributed by atoms with Crippen LogP contribution in [-0.4, -0.2) is 37.0 Å². The molecular weight excluding hydrogens is 162 g/mol. The molecular formula is C8H16F2N2. The molecule has 1 fully saturated rings. The van der Waals surface area contributed by atoms with Gasteiger partial charge < -0.3 is 10.6 Å². The largest absolute Gasteiger partial charge is 0.323 e. The van der Waals surface area contributed by atoms with Gasteiger partial charge in [-0.3, -0.25) is 0 Å². The summed E-state index contributed by atoms with van der Waals surface area (Å²) in [5.41, 5.74) is 5.28. The molecule has 0 spiro atoms. The van der Waals surface area contributed by atoms with Crippen LogP contribution >= 0.6 is 0 Å². The smallest absolute Gasteiger partial charge is 0.253 e. The van der Waals surface area contributed by atoms with Crippen molar-refractivity contribution in [1.82, 2.24) is 4.90 Å². The highest BCUT2D eigenvalue weighted by molar-refractivity contribution is 4.81. The van der Waals surface area contributed by atoms with Gasteiger partial charge in [-0.05, 0) is 32.9 Å². The Morgan fingerprint density at radius 3 is 2.67 bits per heavy atom. The van der Waals surface area contributed by atoms with E-state index >= 15 is 0 Å². The lowest BCUT2D eigenvalue weighted by Crippen LogP contribution is -2.37. The maximum Gasteiger partial charge on any atom is 0.253 e. The molecule has 0 amide bonds. The first-order chi connectivity index (χ1) is 5.61. The Labute approximate surface area is 71.7 Å². The van der Waals surface area contributed by atoms with Crippen LogP contribution in [0.4, 0.5) is 8.78 Å². The Morgan fingerprint density at radius 2 is 2.25 bits per heavy atom. The number of likely N-dealkylation sites (tertiary alicyclic amines) is 1. The van der Waals surface area contributed by atoms with Crippen LogP contribution in [-0.2, 0) is 0 Å². The van der Waals surface area contributed by atoms with Crippen LogP contribution in [0.2, 0.25) is 0 Å². The lowest BCUT2D eigenvalue weighted by atomic mass is 10.1. The first-order valence-electron chi connectivity index (χ1n) is 4.35. The molecule has 1 heterocycles. The predicted octanol–water partition coefficient (Wildman–Crippen LogP) is 1.06. The van der Waals surface area contributed by atoms with E-state index in [4.69, 9.17) is 5.73 Å². The van der Waals surface area contributed by atoms with E-state index in [0.29, 0.717) is 6.42 Å². The fourth-order valence-electron chi connectivity index (χ4n) is 1.69. The van der Waals surface area contributed by atoms with Gasteiger partial charge in [0.05, 0.1) is 6.04 Å². The molecule has 1 rings (SSSR count). The first-order valence-corrected chi connectivity index (χ1v) is 4.35. The Balaban J connectivity index is 2.30. The van der Waals surface area contributed by atoms with E-state index in [-0.39, 0.29) is 6.04 Å². The normalized spacial score (nSPS) is 28.2. The van der Waals surface area contributed by atoms with Gasteiger partial charge >= 0.3 is 0 Å². The average molecular weight is 178 g/mol. The van der Waals surface area contributed by atoms with Crippen LogP contribution < -0.4 is 5.73 Å². The number of hydrogen-bond acceptors (Lipinski definition) is 2. The second-order valence-electron chi connectivity index (χ2n) is 3.51. The molecule has 0 aromatic rings. The van der Waals surface area contributed by atoms with E-state index in [1.807, 2.05) is 7.05 Å². The Morgan fingerprint density at radius 1 is 1.58 bits per heavy atom. The lowest BCUT2D eigenvalue weighted by molar-refractivity contribution is 0.0995. The van der Waals surface area contributed by atoms with E-state index in [1.54, 1.807) is 0 Å². The van der Waals surface area contributed by atoms with Gasteiger partial charge in [-0.2, -0.15) is 0 Å². The molecule has 0 aliphatic carbocycles. The maximum absolute atomic E-state index is 12.1. The number of nitrogens with two attached hydrogens (primary N) is 1. The minimum Gasteiger partial charge on any atom is -0.323 e. The van der Waals surface area contributed by atoms with Gasteiger partial charge in [0.1, 0.15) is 0 Å². The SMILES string of the molecule is CN1CCCC1CC(N)C(F)F. The third-order valence-electron chi connectivity index (χ3n) is 2.54. The van der Waals surface area contributed by atoms with Crippen molar-refractivity contribution in [3.8, 4) is 0 Å². The van der Waals surface area contributed by atoms with Crippen molar-refractivity contribution in [1.29, 1.82) is 0 Å². The molecule has 0 saturated carbocycles. The lowest BCUT2D eigenvalue weighted by Gasteiger charge is -2.22. The number of rotatable bonds is 3. The van der Waals surface area contributed by atoms with Crippen LogP contribution in [0.15, 0.2) is 0 Å². The molecule has 72 valence electrons. The molecule has 2 N–H and O–H groups in total. The molecule has 12 heavy (non-hydrogen) atoms. The zero-order valence-corrected chi connectivity index (χ0v) is 7.34. The molecule has 1 saturated heterocycles. The molecule has 0 bridgehead atoms. The van der Waals surface area contributed by atoms with E-state index < -0.39 is 12.5 Å². The number of nitrogens with zero attached hydrogens (tertiary/aromatic N) is 1. The first kappa shape index (κ1) is 9.86. The Bertz CT molecular complexity index is 141. The van der Waals surface area contributed by atoms with Crippen LogP contribution in [0, 0.1) is 0 Å². The minimum atomic E-state index is -2.38. The van der Waals surface area contributed by atoms with E-state index in [0.717, 1.165) is 19.4 Å². The highest BCUT2D eigenvalue weighted by atomic mass is 19.3. The van der Waals surface area contributed by atoms with Crippen molar-refractivity contribution >= 4 is 0 Å². The summed E-state index contributed by atoms with van der Waals surface area (Å²) in [6, 6.07) is -0.676. The summed E-state index contributed by atoms with van der Waals surface area (Å²) in [4.78, 5) is 2.11. The van der Waals surface area contributed by atoms with E-state index in [9.17, 15) is 8.78 Å². The zero-order chi connectivity index (χ0) is 9.14. The molecule has 0 radical (unpaired) electrons. The molecule has 1 aliphatic heterocycles. The number of hydrogen-bond donors (Lipinski definition) is 1. The van der Waals surface area contributed by atoms with Gasteiger partial charge in [-0.1, -0.05) is 0 Å². The minimum absolute atomic E-state index is 0.272. The highest BCUT2D eigenvalue weighted by Gasteiger charge is 2.26. The molecule has 4 heteroatoms. The summed E-state index contributed by atoms with van der Waals surface area (Å²) in [6.45, 7) is 1.01. The second-order valence-corrected chi connectivity index (χ2v) is 3.51. The van der Waals surface area contributed by atoms with Crippen molar-refractivity contribution in [2.24, 2.45) is 5.73 Å². The van der Waals surface area contributed by atoms with Crippen molar-refractivity contribution in [3.05, 3.63) is 0 Å². The molecule has 2 atom stereocenters. The molecule has 1 aliphatic rings. The van der Waals surface area contributed by atoms with Crippen LogP contribution in [0.3, 0.4) is 0 Å². The third-order valence-corrected chi connectivity index (χ3v) is 2.54. The summed E-state index contributed by atoms with van der Waals surface area (Å²) < 4.78 is 24.1. The summed E-state index contributed by atoms with van der Waals surface area (Å²) in [5.74, 6) is 0. The van der Waals surface area contributed by atoms with E-state index in [1.165, 1.54) is 0 Å². The number of halogens is 2. The van der Waals surface area contributed by atoms with Gasteiger partial charge in [0.15, 0.2) is 0 Å². The van der Waals surface area contributed by atoms with Gasteiger partial charge in [0, 0.05) is 6.04 Å². The maximum atomic E-state index is 12.1. The van der Waals surface area contributed by atoms with Gasteiger partial charge in [-0.25, -0.2) is 8.78 Å².